The minimum absolute atomic E-state index is 0.160. The Labute approximate surface area is 189 Å². The molecule has 1 heterocycles. The van der Waals surface area contributed by atoms with E-state index in [1.165, 1.54) is 38.1 Å². The van der Waals surface area contributed by atoms with Gasteiger partial charge in [0, 0.05) is 11.6 Å². The van der Waals surface area contributed by atoms with Gasteiger partial charge in [-0.15, -0.1) is 0 Å². The Hall–Kier alpha value is -4.34. The number of nitrogens with one attached hydrogen (secondary N) is 2. The second-order valence-corrected chi connectivity index (χ2v) is 6.93. The van der Waals surface area contributed by atoms with Crippen LogP contribution in [0, 0.1) is 0 Å². The maximum atomic E-state index is 13.1. The Morgan fingerprint density at radius 1 is 1.03 bits per heavy atom. The molecule has 10 heteroatoms. The molecule has 172 valence electrons. The number of amides is 1. The molecule has 0 aliphatic heterocycles. The average Bonchev–Trinajstić information content (AvgIpc) is 3.17. The molecule has 1 amide bonds. The van der Waals surface area contributed by atoms with Crippen LogP contribution in [0.5, 0.6) is 11.5 Å². The van der Waals surface area contributed by atoms with Crippen LogP contribution in [0.3, 0.4) is 0 Å². The van der Waals surface area contributed by atoms with E-state index in [4.69, 9.17) is 14.2 Å². The predicted octanol–water partition coefficient (Wildman–Crippen LogP) is 2.05. The SMILES string of the molecule is COC(=O)Cc1[nH]n(-c2ccccc2)c(=O)c1C(C)=NNC(=O)c1cc(OC)cc(OC)c1. The third-order valence-corrected chi connectivity index (χ3v) is 4.83. The van der Waals surface area contributed by atoms with Crippen LogP contribution < -0.4 is 20.5 Å². The van der Waals surface area contributed by atoms with Gasteiger partial charge in [0.2, 0.25) is 0 Å². The number of hydrogen-bond acceptors (Lipinski definition) is 7. The largest absolute Gasteiger partial charge is 0.497 e. The van der Waals surface area contributed by atoms with Gasteiger partial charge in [0.25, 0.3) is 11.5 Å². The molecule has 0 aliphatic rings. The standard InChI is InChI=1S/C23H24N4O6/c1-14(24-25-22(29)15-10-17(31-2)12-18(11-15)32-3)21-19(13-20(28)33-4)26-27(23(21)30)16-8-6-5-7-9-16/h5-12,26H,13H2,1-4H3,(H,25,29). The van der Waals surface area contributed by atoms with E-state index in [2.05, 4.69) is 15.6 Å². The maximum absolute atomic E-state index is 13.1. The van der Waals surface area contributed by atoms with Crippen LogP contribution in [-0.4, -0.2) is 48.7 Å². The Kier molecular flexibility index (Phi) is 7.29. The summed E-state index contributed by atoms with van der Waals surface area (Å²) in [5.74, 6) is -0.174. The third kappa shape index (κ3) is 5.29. The fourth-order valence-electron chi connectivity index (χ4n) is 3.15. The smallest absolute Gasteiger partial charge is 0.311 e. The van der Waals surface area contributed by atoms with E-state index < -0.39 is 17.4 Å². The van der Waals surface area contributed by atoms with Gasteiger partial charge < -0.3 is 14.2 Å². The number of benzene rings is 2. The van der Waals surface area contributed by atoms with Crippen LogP contribution in [0.15, 0.2) is 58.4 Å². The molecule has 0 unspecified atom stereocenters. The Morgan fingerprint density at radius 2 is 1.67 bits per heavy atom. The van der Waals surface area contributed by atoms with Crippen LogP contribution in [0.4, 0.5) is 0 Å². The lowest BCUT2D eigenvalue weighted by atomic mass is 10.1. The van der Waals surface area contributed by atoms with Gasteiger partial charge in [-0.2, -0.15) is 5.10 Å². The third-order valence-electron chi connectivity index (χ3n) is 4.83. The maximum Gasteiger partial charge on any atom is 0.311 e. The van der Waals surface area contributed by atoms with Gasteiger partial charge >= 0.3 is 5.97 Å². The number of aromatic nitrogens is 2. The van der Waals surface area contributed by atoms with Gasteiger partial charge in [-0.3, -0.25) is 19.5 Å². The molecule has 0 spiro atoms. The number of H-pyrrole nitrogens is 1. The molecule has 1 aromatic heterocycles. The lowest BCUT2D eigenvalue weighted by Crippen LogP contribution is -2.24. The van der Waals surface area contributed by atoms with Crippen LogP contribution in [-0.2, 0) is 16.0 Å². The van der Waals surface area contributed by atoms with Crippen molar-refractivity contribution in [1.29, 1.82) is 0 Å². The van der Waals surface area contributed by atoms with Gasteiger partial charge in [0.1, 0.15) is 11.5 Å². The van der Waals surface area contributed by atoms with Crippen molar-refractivity contribution >= 4 is 17.6 Å². The number of methoxy groups -OCH3 is 3. The number of nitrogens with zero attached hydrogens (tertiary/aromatic N) is 2. The normalized spacial score (nSPS) is 11.1. The minimum atomic E-state index is -0.530. The van der Waals surface area contributed by atoms with E-state index in [1.54, 1.807) is 37.3 Å². The van der Waals surface area contributed by atoms with E-state index in [9.17, 15) is 14.4 Å². The van der Waals surface area contributed by atoms with Crippen molar-refractivity contribution in [3.05, 3.63) is 75.7 Å². The second-order valence-electron chi connectivity index (χ2n) is 6.93. The van der Waals surface area contributed by atoms with Crippen molar-refractivity contribution in [1.82, 2.24) is 15.2 Å². The van der Waals surface area contributed by atoms with Gasteiger partial charge in [0.15, 0.2) is 0 Å². The number of esters is 1. The van der Waals surface area contributed by atoms with Crippen LogP contribution in [0.2, 0.25) is 0 Å². The lowest BCUT2D eigenvalue weighted by Gasteiger charge is -2.08. The lowest BCUT2D eigenvalue weighted by molar-refractivity contribution is -0.139. The monoisotopic (exact) mass is 452 g/mol. The number of aromatic amines is 1. The number of rotatable bonds is 8. The minimum Gasteiger partial charge on any atom is -0.497 e. The average molecular weight is 452 g/mol. The molecule has 0 aliphatic carbocycles. The van der Waals surface area contributed by atoms with E-state index in [0.29, 0.717) is 22.9 Å². The first kappa shape index (κ1) is 23.3. The van der Waals surface area contributed by atoms with E-state index in [-0.39, 0.29) is 23.3 Å². The molecule has 0 bridgehead atoms. The molecule has 3 aromatic rings. The highest BCUT2D eigenvalue weighted by Gasteiger charge is 2.21. The van der Waals surface area contributed by atoms with Crippen molar-refractivity contribution in [2.75, 3.05) is 21.3 Å². The Morgan fingerprint density at radius 3 is 2.24 bits per heavy atom. The summed E-state index contributed by atoms with van der Waals surface area (Å²) in [4.78, 5) is 37.7. The molecule has 0 fully saturated rings. The summed E-state index contributed by atoms with van der Waals surface area (Å²) < 4.78 is 16.4. The molecular weight excluding hydrogens is 428 g/mol. The van der Waals surface area contributed by atoms with Crippen molar-refractivity contribution in [2.45, 2.75) is 13.3 Å². The molecule has 2 N–H and O–H groups in total. The molecule has 0 saturated heterocycles. The van der Waals surface area contributed by atoms with E-state index in [1.807, 2.05) is 6.07 Å². The van der Waals surface area contributed by atoms with Crippen molar-refractivity contribution in [2.24, 2.45) is 5.10 Å². The Balaban J connectivity index is 1.96. The second kappa shape index (κ2) is 10.3. The highest BCUT2D eigenvalue weighted by molar-refractivity contribution is 6.02. The zero-order chi connectivity index (χ0) is 24.0. The quantitative estimate of drug-likeness (QED) is 0.306. The number of ether oxygens (including phenoxy) is 3. The van der Waals surface area contributed by atoms with Gasteiger partial charge in [-0.1, -0.05) is 18.2 Å². The zero-order valence-corrected chi connectivity index (χ0v) is 18.7. The first-order valence-corrected chi connectivity index (χ1v) is 9.92. The molecule has 33 heavy (non-hydrogen) atoms. The molecule has 0 atom stereocenters. The first-order valence-electron chi connectivity index (χ1n) is 9.92. The fourth-order valence-corrected chi connectivity index (χ4v) is 3.15. The molecule has 0 radical (unpaired) electrons. The number of hydrogen-bond donors (Lipinski definition) is 2. The summed E-state index contributed by atoms with van der Waals surface area (Å²) in [6.07, 6.45) is -0.172. The van der Waals surface area contributed by atoms with Crippen LogP contribution >= 0.6 is 0 Å². The molecule has 3 rings (SSSR count). The van der Waals surface area contributed by atoms with Crippen LogP contribution in [0.25, 0.3) is 5.69 Å². The van der Waals surface area contributed by atoms with E-state index >= 15 is 0 Å². The fraction of sp³-hybridized carbons (Fsp3) is 0.217. The van der Waals surface area contributed by atoms with Crippen molar-refractivity contribution in [3.63, 3.8) is 0 Å². The summed E-state index contributed by atoms with van der Waals surface area (Å²) in [5, 5.41) is 7.03. The molecule has 0 saturated carbocycles. The summed E-state index contributed by atoms with van der Waals surface area (Å²) >= 11 is 0. The summed E-state index contributed by atoms with van der Waals surface area (Å²) in [6.45, 7) is 1.56. The molecule has 10 nitrogen and oxygen atoms in total. The van der Waals surface area contributed by atoms with E-state index in [0.717, 1.165) is 0 Å². The van der Waals surface area contributed by atoms with Crippen molar-refractivity contribution < 1.29 is 23.8 Å². The zero-order valence-electron chi connectivity index (χ0n) is 18.7. The van der Waals surface area contributed by atoms with Crippen molar-refractivity contribution in [3.8, 4) is 17.2 Å². The number of para-hydroxylation sites is 1. The summed E-state index contributed by atoms with van der Waals surface area (Å²) in [7, 11) is 4.22. The predicted molar refractivity (Wildman–Crippen MR) is 121 cm³/mol. The summed E-state index contributed by atoms with van der Waals surface area (Å²) in [5.41, 5.74) is 3.54. The highest BCUT2D eigenvalue weighted by atomic mass is 16.5. The number of carbonyl (C=O) groups excluding carboxylic acids is 2. The summed E-state index contributed by atoms with van der Waals surface area (Å²) in [6, 6.07) is 13.6. The van der Waals surface area contributed by atoms with Crippen LogP contribution in [0.1, 0.15) is 28.5 Å². The number of hydrazone groups is 1. The Bertz CT molecular complexity index is 1220. The highest BCUT2D eigenvalue weighted by Crippen LogP contribution is 2.22. The van der Waals surface area contributed by atoms with Gasteiger partial charge in [-0.25, -0.2) is 10.1 Å². The molecule has 2 aromatic carbocycles. The first-order chi connectivity index (χ1) is 15.9. The molecular formula is C23H24N4O6. The topological polar surface area (TPSA) is 124 Å². The van der Waals surface area contributed by atoms with Gasteiger partial charge in [-0.05, 0) is 31.2 Å². The van der Waals surface area contributed by atoms with Gasteiger partial charge in [0.05, 0.1) is 50.4 Å². The number of carbonyl (C=O) groups is 2.